The molecule has 0 saturated heterocycles. The third-order valence-electron chi connectivity index (χ3n) is 7.71. The molecular formula is C24H38N2O6. The molecule has 8 heteroatoms. The van der Waals surface area contributed by atoms with Crippen molar-refractivity contribution in [1.29, 1.82) is 0 Å². The van der Waals surface area contributed by atoms with Crippen LogP contribution in [0, 0.1) is 23.7 Å². The van der Waals surface area contributed by atoms with E-state index in [1.807, 2.05) is 0 Å². The number of hydrogen-bond acceptors (Lipinski definition) is 6. The van der Waals surface area contributed by atoms with Gasteiger partial charge in [-0.05, 0) is 77.0 Å². The van der Waals surface area contributed by atoms with Crippen LogP contribution in [-0.2, 0) is 23.9 Å². The largest absolute Gasteiger partial charge is 0.469 e. The summed E-state index contributed by atoms with van der Waals surface area (Å²) in [6.07, 6.45) is 9.05. The predicted molar refractivity (Wildman–Crippen MR) is 117 cm³/mol. The normalized spacial score (nSPS) is 33.1. The van der Waals surface area contributed by atoms with Crippen molar-refractivity contribution in [3.05, 3.63) is 0 Å². The third kappa shape index (κ3) is 6.53. The highest BCUT2D eigenvalue weighted by Crippen LogP contribution is 2.31. The van der Waals surface area contributed by atoms with Crippen molar-refractivity contribution in [2.45, 2.75) is 89.1 Å². The molecule has 0 aromatic rings. The average molecular weight is 451 g/mol. The Morgan fingerprint density at radius 3 is 1.59 bits per heavy atom. The van der Waals surface area contributed by atoms with Crippen molar-refractivity contribution >= 4 is 23.6 Å². The zero-order chi connectivity index (χ0) is 23.1. The number of ether oxygens (including phenoxy) is 1. The molecule has 3 aliphatic carbocycles. The van der Waals surface area contributed by atoms with Crippen molar-refractivity contribution in [1.82, 2.24) is 10.6 Å². The van der Waals surface area contributed by atoms with E-state index in [0.717, 1.165) is 25.7 Å². The van der Waals surface area contributed by atoms with Crippen LogP contribution in [0.15, 0.2) is 0 Å². The maximum atomic E-state index is 12.7. The van der Waals surface area contributed by atoms with E-state index in [1.54, 1.807) is 0 Å². The first-order valence-electron chi connectivity index (χ1n) is 12.2. The molecule has 32 heavy (non-hydrogen) atoms. The first-order valence-corrected chi connectivity index (χ1v) is 12.2. The molecule has 2 amide bonds. The molecule has 0 spiro atoms. The molecule has 3 aliphatic rings. The number of rotatable bonds is 7. The van der Waals surface area contributed by atoms with Crippen LogP contribution in [0.1, 0.15) is 77.0 Å². The van der Waals surface area contributed by atoms with Crippen LogP contribution in [0.25, 0.3) is 0 Å². The highest BCUT2D eigenvalue weighted by Gasteiger charge is 2.34. The van der Waals surface area contributed by atoms with Crippen LogP contribution in [0.3, 0.4) is 0 Å². The highest BCUT2D eigenvalue weighted by molar-refractivity contribution is 5.83. The van der Waals surface area contributed by atoms with Gasteiger partial charge in [-0.2, -0.15) is 0 Å². The second-order valence-electron chi connectivity index (χ2n) is 9.82. The zero-order valence-corrected chi connectivity index (χ0v) is 19.1. The summed E-state index contributed by atoms with van der Waals surface area (Å²) in [6, 6.07) is 0.131. The topological polar surface area (TPSA) is 122 Å². The van der Waals surface area contributed by atoms with Gasteiger partial charge in [-0.15, -0.1) is 0 Å². The molecule has 180 valence electrons. The van der Waals surface area contributed by atoms with Gasteiger partial charge in [0.05, 0.1) is 13.0 Å². The van der Waals surface area contributed by atoms with Crippen LogP contribution in [-0.4, -0.2) is 54.5 Å². The molecule has 3 N–H and O–H groups in total. The van der Waals surface area contributed by atoms with Crippen LogP contribution in [0.2, 0.25) is 0 Å². The molecule has 3 fully saturated rings. The summed E-state index contributed by atoms with van der Waals surface area (Å²) in [5, 5.41) is 15.4. The van der Waals surface area contributed by atoms with Crippen LogP contribution < -0.4 is 10.6 Å². The van der Waals surface area contributed by atoms with Crippen molar-refractivity contribution in [2.24, 2.45) is 23.7 Å². The lowest BCUT2D eigenvalue weighted by molar-refractivity contribution is -0.147. The quantitative estimate of drug-likeness (QED) is 0.509. The molecule has 3 rings (SSSR count). The Balaban J connectivity index is 1.40. The number of nitrogens with one attached hydrogen (secondary N) is 2. The molecule has 0 bridgehead atoms. The van der Waals surface area contributed by atoms with Crippen LogP contribution in [0.5, 0.6) is 0 Å². The number of hydrogen-bond donors (Lipinski definition) is 3. The summed E-state index contributed by atoms with van der Waals surface area (Å²) in [4.78, 5) is 48.8. The number of aliphatic hydroxyl groups excluding tert-OH is 1. The van der Waals surface area contributed by atoms with E-state index in [4.69, 9.17) is 9.84 Å². The number of amides is 2. The summed E-state index contributed by atoms with van der Waals surface area (Å²) in [5.41, 5.74) is 0. The SMILES string of the molecule is COC(=O)C1CCC(C(=O)NC2CCCC(NC(=O)C3CCC(C(=O)CO)CC3)C2)CC1. The molecule has 3 saturated carbocycles. The molecule has 8 nitrogen and oxygen atoms in total. The van der Waals surface area contributed by atoms with Crippen molar-refractivity contribution < 1.29 is 29.0 Å². The number of aliphatic hydroxyl groups is 1. The summed E-state index contributed by atoms with van der Waals surface area (Å²) in [5.74, 6) is -0.497. The van der Waals surface area contributed by atoms with Crippen LogP contribution >= 0.6 is 0 Å². The molecular weight excluding hydrogens is 412 g/mol. The Hall–Kier alpha value is -1.96. The van der Waals surface area contributed by atoms with E-state index in [9.17, 15) is 19.2 Å². The molecule has 0 radical (unpaired) electrons. The minimum Gasteiger partial charge on any atom is -0.469 e. The minimum atomic E-state index is -0.413. The summed E-state index contributed by atoms with van der Waals surface area (Å²) >= 11 is 0. The lowest BCUT2D eigenvalue weighted by atomic mass is 9.79. The van der Waals surface area contributed by atoms with Crippen molar-refractivity contribution in [2.75, 3.05) is 13.7 Å². The van der Waals surface area contributed by atoms with Gasteiger partial charge in [0.15, 0.2) is 5.78 Å². The Bertz CT molecular complexity index is 624. The standard InChI is InChI=1S/C24H38N2O6/c1-32-24(31)18-11-9-17(10-12-18)23(30)26-20-4-2-3-19(13-20)25-22(29)16-7-5-15(6-8-16)21(28)14-27/h15-20,27H,2-14H2,1H3,(H,25,29)(H,26,30). The molecule has 2 atom stereocenters. The highest BCUT2D eigenvalue weighted by atomic mass is 16.5. The van der Waals surface area contributed by atoms with Crippen molar-refractivity contribution in [3.8, 4) is 0 Å². The fourth-order valence-electron chi connectivity index (χ4n) is 5.65. The smallest absolute Gasteiger partial charge is 0.308 e. The van der Waals surface area contributed by atoms with Gasteiger partial charge >= 0.3 is 5.97 Å². The van der Waals surface area contributed by atoms with Gasteiger partial charge in [0, 0.05) is 29.8 Å². The van der Waals surface area contributed by atoms with E-state index >= 15 is 0 Å². The predicted octanol–water partition coefficient (Wildman–Crippen LogP) is 1.88. The van der Waals surface area contributed by atoms with Gasteiger partial charge in [0.25, 0.3) is 0 Å². The zero-order valence-electron chi connectivity index (χ0n) is 19.1. The van der Waals surface area contributed by atoms with E-state index in [2.05, 4.69) is 10.6 Å². The van der Waals surface area contributed by atoms with Crippen LogP contribution in [0.4, 0.5) is 0 Å². The fourth-order valence-corrected chi connectivity index (χ4v) is 5.65. The second kappa shape index (κ2) is 11.8. The Labute approximate surface area is 190 Å². The molecule has 0 aromatic carbocycles. The number of esters is 1. The Morgan fingerprint density at radius 2 is 1.16 bits per heavy atom. The molecule has 2 unspecified atom stereocenters. The van der Waals surface area contributed by atoms with E-state index in [0.29, 0.717) is 51.4 Å². The number of Topliss-reactive ketones (excluding diaryl/α,β-unsaturated/α-hetero) is 1. The first-order chi connectivity index (χ1) is 15.4. The molecule has 0 aromatic heterocycles. The van der Waals surface area contributed by atoms with Gasteiger partial charge in [-0.25, -0.2) is 0 Å². The van der Waals surface area contributed by atoms with E-state index in [1.165, 1.54) is 7.11 Å². The summed E-state index contributed by atoms with van der Waals surface area (Å²) < 4.78 is 4.82. The lowest BCUT2D eigenvalue weighted by Crippen LogP contribution is -2.48. The number of carbonyl (C=O) groups excluding carboxylic acids is 4. The lowest BCUT2D eigenvalue weighted by Gasteiger charge is -2.34. The van der Waals surface area contributed by atoms with E-state index in [-0.39, 0.29) is 59.3 Å². The van der Waals surface area contributed by atoms with Gasteiger partial charge in [-0.1, -0.05) is 0 Å². The summed E-state index contributed by atoms with van der Waals surface area (Å²) in [7, 11) is 1.41. The van der Waals surface area contributed by atoms with Gasteiger partial charge in [0.1, 0.15) is 6.61 Å². The molecule has 0 heterocycles. The molecule has 0 aliphatic heterocycles. The maximum absolute atomic E-state index is 12.7. The van der Waals surface area contributed by atoms with E-state index < -0.39 is 6.61 Å². The maximum Gasteiger partial charge on any atom is 0.308 e. The third-order valence-corrected chi connectivity index (χ3v) is 7.71. The average Bonchev–Trinajstić information content (AvgIpc) is 2.83. The minimum absolute atomic E-state index is 0.0531. The second-order valence-corrected chi connectivity index (χ2v) is 9.82. The number of ketones is 1. The first kappa shape index (κ1) is 24.7. The summed E-state index contributed by atoms with van der Waals surface area (Å²) in [6.45, 7) is -0.413. The monoisotopic (exact) mass is 450 g/mol. The van der Waals surface area contributed by atoms with Gasteiger partial charge in [-0.3, -0.25) is 19.2 Å². The fraction of sp³-hybridized carbons (Fsp3) is 0.833. The Kier molecular flexibility index (Phi) is 9.08. The number of methoxy groups -OCH3 is 1. The van der Waals surface area contributed by atoms with Crippen molar-refractivity contribution in [3.63, 3.8) is 0 Å². The van der Waals surface area contributed by atoms with Gasteiger partial charge < -0.3 is 20.5 Å². The van der Waals surface area contributed by atoms with Gasteiger partial charge in [0.2, 0.25) is 11.8 Å². The Morgan fingerprint density at radius 1 is 0.719 bits per heavy atom. The number of carbonyl (C=O) groups is 4.